The maximum atomic E-state index is 11.4. The molecule has 1 rings (SSSR count). The third kappa shape index (κ3) is 6.14. The number of hydrogen-bond acceptors (Lipinski definition) is 4. The first-order valence-electron chi connectivity index (χ1n) is 6.25. The van der Waals surface area contributed by atoms with E-state index in [0.717, 1.165) is 10.2 Å². The van der Waals surface area contributed by atoms with E-state index in [1.165, 1.54) is 0 Å². The predicted octanol–water partition coefficient (Wildman–Crippen LogP) is 3.36. The van der Waals surface area contributed by atoms with Crippen LogP contribution in [0.3, 0.4) is 0 Å². The number of carbonyl (C=O) groups excluding carboxylic acids is 1. The van der Waals surface area contributed by atoms with E-state index in [9.17, 15) is 4.79 Å². The Balaban J connectivity index is 2.31. The van der Waals surface area contributed by atoms with Gasteiger partial charge in [-0.15, -0.1) is 0 Å². The molecule has 1 amide bonds. The number of rotatable bonds is 5. The van der Waals surface area contributed by atoms with Crippen LogP contribution in [0.15, 0.2) is 22.7 Å². The Morgan fingerprint density at radius 3 is 2.60 bits per heavy atom. The van der Waals surface area contributed by atoms with Crippen LogP contribution in [0.25, 0.3) is 0 Å². The first kappa shape index (κ1) is 16.6. The summed E-state index contributed by atoms with van der Waals surface area (Å²) in [6, 6.07) is 5.42. The number of nitrogens with one attached hydrogen (secondary N) is 1. The van der Waals surface area contributed by atoms with Gasteiger partial charge in [-0.25, -0.2) is 4.79 Å². The molecule has 1 aromatic carbocycles. The van der Waals surface area contributed by atoms with Crippen molar-refractivity contribution in [1.82, 2.24) is 5.32 Å². The molecule has 0 spiro atoms. The number of methoxy groups -OCH3 is 1. The van der Waals surface area contributed by atoms with Gasteiger partial charge in [-0.2, -0.15) is 0 Å². The molecule has 0 radical (unpaired) electrons. The highest BCUT2D eigenvalue weighted by atomic mass is 79.9. The van der Waals surface area contributed by atoms with Crippen molar-refractivity contribution in [3.63, 3.8) is 0 Å². The lowest BCUT2D eigenvalue weighted by Gasteiger charge is -2.19. The second kappa shape index (κ2) is 7.38. The topological polar surface area (TPSA) is 56.8 Å². The zero-order valence-corrected chi connectivity index (χ0v) is 13.7. The van der Waals surface area contributed by atoms with Gasteiger partial charge >= 0.3 is 6.09 Å². The fourth-order valence-corrected chi connectivity index (χ4v) is 1.89. The van der Waals surface area contributed by atoms with Gasteiger partial charge in [0.1, 0.15) is 23.7 Å². The third-order valence-corrected chi connectivity index (χ3v) is 2.78. The average molecular weight is 346 g/mol. The number of alkyl carbamates (subject to hydrolysis) is 1. The molecule has 0 bridgehead atoms. The molecular formula is C14H20BrNO4. The lowest BCUT2D eigenvalue weighted by atomic mass is 10.2. The van der Waals surface area contributed by atoms with Crippen LogP contribution in [0.4, 0.5) is 4.79 Å². The van der Waals surface area contributed by atoms with Gasteiger partial charge in [0.25, 0.3) is 0 Å². The molecule has 1 aromatic rings. The SMILES string of the molecule is COc1ccc(OCCNC(=O)OC(C)(C)C)cc1Br. The highest BCUT2D eigenvalue weighted by Crippen LogP contribution is 2.28. The van der Waals surface area contributed by atoms with E-state index in [1.54, 1.807) is 19.2 Å². The molecule has 5 nitrogen and oxygen atoms in total. The molecule has 0 unspecified atom stereocenters. The third-order valence-electron chi connectivity index (χ3n) is 2.16. The molecule has 0 aromatic heterocycles. The normalized spacial score (nSPS) is 10.8. The first-order valence-corrected chi connectivity index (χ1v) is 7.04. The molecule has 1 N–H and O–H groups in total. The molecule has 6 heteroatoms. The van der Waals surface area contributed by atoms with Crippen molar-refractivity contribution >= 4 is 22.0 Å². The monoisotopic (exact) mass is 345 g/mol. The smallest absolute Gasteiger partial charge is 0.407 e. The number of amides is 1. The summed E-state index contributed by atoms with van der Waals surface area (Å²) >= 11 is 3.38. The van der Waals surface area contributed by atoms with Gasteiger partial charge in [0.2, 0.25) is 0 Å². The average Bonchev–Trinajstić information content (AvgIpc) is 2.33. The molecule has 0 aliphatic carbocycles. The number of ether oxygens (including phenoxy) is 3. The summed E-state index contributed by atoms with van der Waals surface area (Å²) in [6.07, 6.45) is -0.447. The van der Waals surface area contributed by atoms with Crippen molar-refractivity contribution in [3.05, 3.63) is 22.7 Å². The van der Waals surface area contributed by atoms with Crippen LogP contribution in [0.2, 0.25) is 0 Å². The van der Waals surface area contributed by atoms with E-state index in [0.29, 0.717) is 18.9 Å². The summed E-state index contributed by atoms with van der Waals surface area (Å²) in [5.74, 6) is 1.44. The van der Waals surface area contributed by atoms with E-state index in [-0.39, 0.29) is 0 Å². The van der Waals surface area contributed by atoms with Crippen LogP contribution in [0.1, 0.15) is 20.8 Å². The lowest BCUT2D eigenvalue weighted by molar-refractivity contribution is 0.0520. The number of benzene rings is 1. The highest BCUT2D eigenvalue weighted by Gasteiger charge is 2.15. The molecule has 0 saturated carbocycles. The number of hydrogen-bond donors (Lipinski definition) is 1. The van der Waals surface area contributed by atoms with Crippen LogP contribution in [0.5, 0.6) is 11.5 Å². The molecule has 20 heavy (non-hydrogen) atoms. The maximum Gasteiger partial charge on any atom is 0.407 e. The minimum Gasteiger partial charge on any atom is -0.496 e. The quantitative estimate of drug-likeness (QED) is 0.831. The van der Waals surface area contributed by atoms with Crippen molar-refractivity contribution in [3.8, 4) is 11.5 Å². The predicted molar refractivity (Wildman–Crippen MR) is 80.4 cm³/mol. The maximum absolute atomic E-state index is 11.4. The van der Waals surface area contributed by atoms with Crippen molar-refractivity contribution in [2.75, 3.05) is 20.3 Å². The molecule has 112 valence electrons. The van der Waals surface area contributed by atoms with Gasteiger partial charge in [-0.1, -0.05) is 0 Å². The van der Waals surface area contributed by atoms with Crippen LogP contribution in [-0.4, -0.2) is 32.0 Å². The Bertz CT molecular complexity index is 457. The van der Waals surface area contributed by atoms with E-state index < -0.39 is 11.7 Å². The summed E-state index contributed by atoms with van der Waals surface area (Å²) in [7, 11) is 1.60. The molecule has 0 heterocycles. The lowest BCUT2D eigenvalue weighted by Crippen LogP contribution is -2.34. The summed E-state index contributed by atoms with van der Waals surface area (Å²) < 4.78 is 16.6. The van der Waals surface area contributed by atoms with E-state index in [4.69, 9.17) is 14.2 Å². The highest BCUT2D eigenvalue weighted by molar-refractivity contribution is 9.10. The molecule has 0 aliphatic rings. The van der Waals surface area contributed by atoms with Crippen LogP contribution in [0, 0.1) is 0 Å². The largest absolute Gasteiger partial charge is 0.496 e. The Morgan fingerprint density at radius 2 is 2.05 bits per heavy atom. The zero-order valence-electron chi connectivity index (χ0n) is 12.2. The summed E-state index contributed by atoms with van der Waals surface area (Å²) in [5, 5.41) is 2.62. The molecule has 0 fully saturated rings. The van der Waals surface area contributed by atoms with Crippen LogP contribution in [-0.2, 0) is 4.74 Å². The van der Waals surface area contributed by atoms with Gasteiger partial charge in [0.05, 0.1) is 18.1 Å². The van der Waals surface area contributed by atoms with Gasteiger partial charge < -0.3 is 19.5 Å². The molecular weight excluding hydrogens is 326 g/mol. The molecule has 0 atom stereocenters. The van der Waals surface area contributed by atoms with Crippen molar-refractivity contribution in [1.29, 1.82) is 0 Å². The fraction of sp³-hybridized carbons (Fsp3) is 0.500. The van der Waals surface area contributed by atoms with E-state index in [2.05, 4.69) is 21.2 Å². The van der Waals surface area contributed by atoms with Gasteiger partial charge in [0, 0.05) is 0 Å². The number of halogens is 1. The van der Waals surface area contributed by atoms with Crippen molar-refractivity contribution in [2.45, 2.75) is 26.4 Å². The molecule has 0 saturated heterocycles. The van der Waals surface area contributed by atoms with Gasteiger partial charge in [0.15, 0.2) is 0 Å². The summed E-state index contributed by atoms with van der Waals surface area (Å²) in [4.78, 5) is 11.4. The second-order valence-electron chi connectivity index (χ2n) is 5.07. The Hall–Kier alpha value is -1.43. The van der Waals surface area contributed by atoms with Gasteiger partial charge in [-0.05, 0) is 54.9 Å². The van der Waals surface area contributed by atoms with E-state index in [1.807, 2.05) is 26.8 Å². The second-order valence-corrected chi connectivity index (χ2v) is 5.93. The van der Waals surface area contributed by atoms with Crippen LogP contribution >= 0.6 is 15.9 Å². The van der Waals surface area contributed by atoms with Gasteiger partial charge in [-0.3, -0.25) is 0 Å². The number of carbonyl (C=O) groups is 1. The Labute approximate surface area is 127 Å². The summed E-state index contributed by atoms with van der Waals surface area (Å²) in [6.45, 7) is 6.18. The Kier molecular flexibility index (Phi) is 6.13. The Morgan fingerprint density at radius 1 is 1.35 bits per heavy atom. The fourth-order valence-electron chi connectivity index (χ4n) is 1.37. The van der Waals surface area contributed by atoms with E-state index >= 15 is 0 Å². The molecule has 0 aliphatic heterocycles. The zero-order chi connectivity index (χ0) is 15.2. The summed E-state index contributed by atoms with van der Waals surface area (Å²) in [5.41, 5.74) is -0.494. The van der Waals surface area contributed by atoms with Crippen molar-refractivity contribution in [2.24, 2.45) is 0 Å². The minimum absolute atomic E-state index is 0.359. The van der Waals surface area contributed by atoms with Crippen molar-refractivity contribution < 1.29 is 19.0 Å². The standard InChI is InChI=1S/C14H20BrNO4/c1-14(2,3)20-13(17)16-7-8-19-10-5-6-12(18-4)11(15)9-10/h5-6,9H,7-8H2,1-4H3,(H,16,17). The van der Waals surface area contributed by atoms with Crippen LogP contribution < -0.4 is 14.8 Å². The first-order chi connectivity index (χ1) is 9.31. The minimum atomic E-state index is -0.494.